The minimum atomic E-state index is -4.71. The summed E-state index contributed by atoms with van der Waals surface area (Å²) in [7, 11) is -4.71. The molecule has 3 nitrogen and oxygen atoms in total. The molecule has 6 heteroatoms. The molecule has 0 saturated carbocycles. The number of fused-ring (bicyclic) bond motifs is 1. The Labute approximate surface area is 94.3 Å². The van der Waals surface area contributed by atoms with E-state index in [1.54, 1.807) is 6.07 Å². The van der Waals surface area contributed by atoms with Crippen molar-refractivity contribution in [3.8, 4) is 0 Å². The second-order valence-electron chi connectivity index (χ2n) is 2.90. The fourth-order valence-electron chi connectivity index (χ4n) is 1.34. The van der Waals surface area contributed by atoms with E-state index in [0.29, 0.717) is 9.86 Å². The Bertz CT molecular complexity index is 627. The van der Waals surface area contributed by atoms with Crippen LogP contribution in [0.5, 0.6) is 0 Å². The first-order valence-electron chi connectivity index (χ1n) is 3.97. The van der Waals surface area contributed by atoms with E-state index in [1.165, 1.54) is 24.5 Å². The summed E-state index contributed by atoms with van der Waals surface area (Å²) in [5.74, 6) is 0. The Morgan fingerprint density at radius 3 is 2.60 bits per heavy atom. The lowest BCUT2D eigenvalue weighted by Crippen LogP contribution is -1.94. The fraction of sp³-hybridized carbons (Fsp3) is 0. The number of hydrogen-bond donors (Lipinski definition) is 0. The molecule has 0 unspecified atom stereocenters. The predicted molar refractivity (Wildman–Crippen MR) is 57.7 cm³/mol. The number of rotatable bonds is 1. The van der Waals surface area contributed by atoms with Crippen LogP contribution < -0.4 is 0 Å². The zero-order valence-electron chi connectivity index (χ0n) is 7.31. The van der Waals surface area contributed by atoms with Gasteiger partial charge in [-0.25, -0.2) is 0 Å². The topological polar surface area (TPSA) is 47.0 Å². The van der Waals surface area contributed by atoms with Crippen LogP contribution in [0, 0.1) is 0 Å². The summed E-state index contributed by atoms with van der Waals surface area (Å²) in [6.07, 6.45) is 2.84. The van der Waals surface area contributed by atoms with Crippen LogP contribution in [0.1, 0.15) is 0 Å². The van der Waals surface area contributed by atoms with Crippen molar-refractivity contribution < 1.29 is 12.3 Å². The van der Waals surface area contributed by atoms with Crippen LogP contribution in [-0.4, -0.2) is 13.4 Å². The lowest BCUT2D eigenvalue weighted by Gasteiger charge is -2.03. The van der Waals surface area contributed by atoms with Gasteiger partial charge in [0.25, 0.3) is 0 Å². The van der Waals surface area contributed by atoms with E-state index in [1.807, 2.05) is 0 Å². The van der Waals surface area contributed by atoms with E-state index < -0.39 is 10.2 Å². The summed E-state index contributed by atoms with van der Waals surface area (Å²) in [5.41, 5.74) is 0. The first kappa shape index (κ1) is 10.5. The molecule has 0 amide bonds. The van der Waals surface area contributed by atoms with Crippen molar-refractivity contribution in [1.82, 2.24) is 4.98 Å². The van der Waals surface area contributed by atoms with Gasteiger partial charge in [-0.3, -0.25) is 4.98 Å². The number of halogens is 2. The van der Waals surface area contributed by atoms with Crippen molar-refractivity contribution in [2.24, 2.45) is 0 Å². The van der Waals surface area contributed by atoms with Crippen molar-refractivity contribution in [3.05, 3.63) is 35.1 Å². The fourth-order valence-corrected chi connectivity index (χ4v) is 2.47. The van der Waals surface area contributed by atoms with Crippen LogP contribution >= 0.6 is 15.9 Å². The third kappa shape index (κ3) is 1.87. The molecule has 0 fully saturated rings. The summed E-state index contributed by atoms with van der Waals surface area (Å²) in [6.45, 7) is 0. The average molecular weight is 290 g/mol. The first-order valence-corrected chi connectivity index (χ1v) is 6.15. The lowest BCUT2D eigenvalue weighted by atomic mass is 10.2. The molecule has 0 bridgehead atoms. The Morgan fingerprint density at radius 2 is 1.93 bits per heavy atom. The molecule has 0 radical (unpaired) electrons. The highest BCUT2D eigenvalue weighted by molar-refractivity contribution is 9.10. The Hall–Kier alpha value is -1.01. The van der Waals surface area contributed by atoms with Crippen LogP contribution in [0.2, 0.25) is 0 Å². The van der Waals surface area contributed by atoms with E-state index in [-0.39, 0.29) is 10.3 Å². The Kier molecular flexibility index (Phi) is 2.47. The first-order chi connectivity index (χ1) is 7.00. The number of pyridine rings is 1. The molecule has 1 aromatic carbocycles. The number of benzene rings is 1. The smallest absolute Gasteiger partial charge is 0.264 e. The van der Waals surface area contributed by atoms with Crippen LogP contribution in [0.25, 0.3) is 10.8 Å². The van der Waals surface area contributed by atoms with Crippen molar-refractivity contribution in [3.63, 3.8) is 0 Å². The third-order valence-electron chi connectivity index (χ3n) is 1.99. The molecule has 1 heterocycles. The van der Waals surface area contributed by atoms with Crippen LogP contribution in [0.15, 0.2) is 40.0 Å². The summed E-state index contributed by atoms with van der Waals surface area (Å²) >= 11 is 3.25. The van der Waals surface area contributed by atoms with Crippen molar-refractivity contribution >= 4 is 36.9 Å². The second kappa shape index (κ2) is 3.53. The zero-order valence-corrected chi connectivity index (χ0v) is 9.72. The minimum Gasteiger partial charge on any atom is -0.264 e. The van der Waals surface area contributed by atoms with E-state index in [2.05, 4.69) is 20.9 Å². The van der Waals surface area contributed by atoms with Gasteiger partial charge < -0.3 is 0 Å². The van der Waals surface area contributed by atoms with Gasteiger partial charge in [-0.1, -0.05) is 15.9 Å². The van der Waals surface area contributed by atoms with Gasteiger partial charge in [-0.05, 0) is 18.2 Å². The molecule has 2 aromatic rings. The van der Waals surface area contributed by atoms with Crippen LogP contribution in [0.3, 0.4) is 0 Å². The molecular weight excluding hydrogens is 285 g/mol. The van der Waals surface area contributed by atoms with Gasteiger partial charge in [0.1, 0.15) is 4.90 Å². The zero-order chi connectivity index (χ0) is 11.1. The molecule has 0 aliphatic heterocycles. The summed E-state index contributed by atoms with van der Waals surface area (Å²) in [4.78, 5) is 3.42. The molecular formula is C9H5BrFNO2S. The van der Waals surface area contributed by atoms with Crippen LogP contribution in [-0.2, 0) is 10.2 Å². The highest BCUT2D eigenvalue weighted by Crippen LogP contribution is 2.29. The molecule has 2 rings (SSSR count). The Balaban J connectivity index is 2.96. The summed E-state index contributed by atoms with van der Waals surface area (Å²) < 4.78 is 35.3. The highest BCUT2D eigenvalue weighted by atomic mass is 79.9. The number of nitrogens with zero attached hydrogens (tertiary/aromatic N) is 1. The van der Waals surface area contributed by atoms with Gasteiger partial charge in [0.05, 0.1) is 0 Å². The standard InChI is InChI=1S/C9H5BrFNO2S/c10-8-1-2-9(15(11,13)14)7-5-12-4-3-6(7)8/h1-5H. The Morgan fingerprint density at radius 1 is 1.20 bits per heavy atom. The van der Waals surface area contributed by atoms with Gasteiger partial charge in [0.15, 0.2) is 0 Å². The molecule has 0 N–H and O–H groups in total. The summed E-state index contributed by atoms with van der Waals surface area (Å²) in [6, 6.07) is 4.33. The van der Waals surface area contributed by atoms with Gasteiger partial charge in [-0.2, -0.15) is 8.42 Å². The van der Waals surface area contributed by atoms with Crippen molar-refractivity contribution in [2.45, 2.75) is 4.90 Å². The van der Waals surface area contributed by atoms with E-state index >= 15 is 0 Å². The van der Waals surface area contributed by atoms with E-state index in [4.69, 9.17) is 0 Å². The van der Waals surface area contributed by atoms with Gasteiger partial charge in [0, 0.05) is 27.6 Å². The summed E-state index contributed by atoms with van der Waals surface area (Å²) in [5, 5.41) is 0.887. The van der Waals surface area contributed by atoms with E-state index in [0.717, 1.165) is 0 Å². The maximum atomic E-state index is 12.9. The quantitative estimate of drug-likeness (QED) is 0.759. The molecule has 0 spiro atoms. The lowest BCUT2D eigenvalue weighted by molar-refractivity contribution is 0.553. The van der Waals surface area contributed by atoms with E-state index in [9.17, 15) is 12.3 Å². The molecule has 0 atom stereocenters. The highest BCUT2D eigenvalue weighted by Gasteiger charge is 2.16. The van der Waals surface area contributed by atoms with Crippen molar-refractivity contribution in [2.75, 3.05) is 0 Å². The maximum absolute atomic E-state index is 12.9. The minimum absolute atomic E-state index is 0.273. The number of hydrogen-bond acceptors (Lipinski definition) is 3. The molecule has 15 heavy (non-hydrogen) atoms. The third-order valence-corrected chi connectivity index (χ3v) is 3.56. The van der Waals surface area contributed by atoms with Crippen molar-refractivity contribution in [1.29, 1.82) is 0 Å². The predicted octanol–water partition coefficient (Wildman–Crippen LogP) is 2.66. The second-order valence-corrected chi connectivity index (χ2v) is 5.07. The largest absolute Gasteiger partial charge is 0.332 e. The monoisotopic (exact) mass is 289 g/mol. The molecule has 0 aliphatic carbocycles. The van der Waals surface area contributed by atoms with Gasteiger partial charge >= 0.3 is 10.2 Å². The average Bonchev–Trinajstić information content (AvgIpc) is 2.17. The SMILES string of the molecule is O=S(=O)(F)c1ccc(Br)c2ccncc12. The molecule has 0 saturated heterocycles. The molecule has 78 valence electrons. The molecule has 1 aromatic heterocycles. The number of aromatic nitrogens is 1. The molecule has 0 aliphatic rings. The van der Waals surface area contributed by atoms with Gasteiger partial charge in [-0.15, -0.1) is 3.89 Å². The van der Waals surface area contributed by atoms with Gasteiger partial charge in [0.2, 0.25) is 0 Å². The normalized spacial score (nSPS) is 11.9. The van der Waals surface area contributed by atoms with Crippen LogP contribution in [0.4, 0.5) is 3.89 Å². The maximum Gasteiger partial charge on any atom is 0.332 e.